The average Bonchev–Trinajstić information content (AvgIpc) is 3.25. The van der Waals surface area contributed by atoms with Crippen molar-refractivity contribution in [2.24, 2.45) is 0 Å². The van der Waals surface area contributed by atoms with Crippen LogP contribution in [0, 0.1) is 0 Å². The van der Waals surface area contributed by atoms with Crippen LogP contribution >= 0.6 is 0 Å². The zero-order valence-corrected chi connectivity index (χ0v) is 16.0. The number of likely N-dealkylation sites (N-methyl/N-ethyl adjacent to an activating group) is 1. The summed E-state index contributed by atoms with van der Waals surface area (Å²) in [6.45, 7) is 0.835. The van der Waals surface area contributed by atoms with E-state index in [4.69, 9.17) is 9.47 Å². The van der Waals surface area contributed by atoms with Gasteiger partial charge in [-0.1, -0.05) is 25.0 Å². The molecule has 2 heterocycles. The number of nitrogens with zero attached hydrogens (tertiary/aromatic N) is 2. The van der Waals surface area contributed by atoms with Crippen LogP contribution in [0.15, 0.2) is 24.3 Å². The van der Waals surface area contributed by atoms with Crippen molar-refractivity contribution in [2.75, 3.05) is 26.7 Å². The van der Waals surface area contributed by atoms with Crippen LogP contribution in [-0.4, -0.2) is 66.0 Å². The van der Waals surface area contributed by atoms with E-state index >= 15 is 0 Å². The molecule has 28 heavy (non-hydrogen) atoms. The number of fused-ring (bicyclic) bond motifs is 1. The maximum Gasteiger partial charge on any atom is 0.325 e. The van der Waals surface area contributed by atoms with E-state index in [-0.39, 0.29) is 36.9 Å². The fourth-order valence-electron chi connectivity index (χ4n) is 4.16. The molecular weight excluding hydrogens is 362 g/mol. The molecule has 1 saturated heterocycles. The number of hydrogen-bond acceptors (Lipinski definition) is 5. The lowest BCUT2D eigenvalue weighted by Gasteiger charge is -2.29. The molecule has 8 heteroatoms. The molecule has 1 aromatic carbocycles. The first kappa shape index (κ1) is 18.6. The number of para-hydroxylation sites is 2. The number of urea groups is 1. The van der Waals surface area contributed by atoms with Crippen molar-refractivity contribution in [1.82, 2.24) is 15.1 Å². The molecule has 4 amide bonds. The van der Waals surface area contributed by atoms with Crippen LogP contribution in [0.2, 0.25) is 0 Å². The summed E-state index contributed by atoms with van der Waals surface area (Å²) in [6.07, 6.45) is 3.07. The summed E-state index contributed by atoms with van der Waals surface area (Å²) in [5.74, 6) is 1.04. The number of nitrogens with one attached hydrogen (secondary N) is 1. The number of rotatable bonds is 5. The highest BCUT2D eigenvalue weighted by atomic mass is 16.6. The summed E-state index contributed by atoms with van der Waals surface area (Å²) in [5.41, 5.74) is -0.729. The molecule has 2 aliphatic heterocycles. The third-order valence-electron chi connectivity index (χ3n) is 5.72. The van der Waals surface area contributed by atoms with Crippen LogP contribution in [0.5, 0.6) is 11.5 Å². The highest BCUT2D eigenvalue weighted by Gasteiger charge is 2.52. The summed E-state index contributed by atoms with van der Waals surface area (Å²) < 4.78 is 11.6. The Hall–Kier alpha value is -2.77. The second-order valence-electron chi connectivity index (χ2n) is 7.70. The summed E-state index contributed by atoms with van der Waals surface area (Å²) in [5, 5.41) is 2.83. The second kappa shape index (κ2) is 7.33. The Morgan fingerprint density at radius 3 is 2.71 bits per heavy atom. The minimum atomic E-state index is -0.729. The van der Waals surface area contributed by atoms with Gasteiger partial charge in [0.15, 0.2) is 17.6 Å². The van der Waals surface area contributed by atoms with Crippen molar-refractivity contribution in [3.8, 4) is 11.5 Å². The van der Waals surface area contributed by atoms with Gasteiger partial charge < -0.3 is 19.7 Å². The Kier molecular flexibility index (Phi) is 4.87. The molecule has 1 aliphatic carbocycles. The SMILES string of the molecule is CN(C[C@@H]1COc2ccccc2O1)C(=O)CCN1C(=O)NC2(CCCC2)C1=O. The minimum Gasteiger partial charge on any atom is -0.486 e. The maximum atomic E-state index is 12.6. The molecule has 0 radical (unpaired) electrons. The number of ether oxygens (including phenoxy) is 2. The van der Waals surface area contributed by atoms with Crippen molar-refractivity contribution in [3.63, 3.8) is 0 Å². The molecule has 0 bridgehead atoms. The van der Waals surface area contributed by atoms with Crippen molar-refractivity contribution in [1.29, 1.82) is 0 Å². The summed E-state index contributed by atoms with van der Waals surface area (Å²) in [7, 11) is 1.69. The Morgan fingerprint density at radius 2 is 1.96 bits per heavy atom. The molecule has 8 nitrogen and oxygen atoms in total. The lowest BCUT2D eigenvalue weighted by Crippen LogP contribution is -2.44. The fourth-order valence-corrected chi connectivity index (χ4v) is 4.16. The van der Waals surface area contributed by atoms with Gasteiger partial charge in [-0.15, -0.1) is 0 Å². The van der Waals surface area contributed by atoms with Gasteiger partial charge in [-0.05, 0) is 25.0 Å². The van der Waals surface area contributed by atoms with Crippen LogP contribution in [0.3, 0.4) is 0 Å². The zero-order valence-electron chi connectivity index (χ0n) is 16.0. The Labute approximate surface area is 163 Å². The van der Waals surface area contributed by atoms with Crippen molar-refractivity contribution < 1.29 is 23.9 Å². The van der Waals surface area contributed by atoms with E-state index in [0.29, 0.717) is 37.5 Å². The maximum absolute atomic E-state index is 12.6. The number of imide groups is 1. The smallest absolute Gasteiger partial charge is 0.325 e. The highest BCUT2D eigenvalue weighted by Crippen LogP contribution is 2.35. The predicted molar refractivity (Wildman–Crippen MR) is 100 cm³/mol. The van der Waals surface area contributed by atoms with E-state index in [2.05, 4.69) is 5.32 Å². The molecule has 1 spiro atoms. The molecule has 4 rings (SSSR count). The summed E-state index contributed by atoms with van der Waals surface area (Å²) in [4.78, 5) is 40.1. The molecule has 1 aromatic rings. The van der Waals surface area contributed by atoms with Crippen LogP contribution in [0.25, 0.3) is 0 Å². The predicted octanol–water partition coefficient (Wildman–Crippen LogP) is 1.54. The standard InChI is InChI=1S/C20H25N3O5/c1-22(12-14-13-27-15-6-2-3-7-16(15)28-14)17(24)8-11-23-18(25)20(21-19(23)26)9-4-5-10-20/h2-3,6-7,14H,4-5,8-13H2,1H3,(H,21,26)/t14-/m1/s1. The minimum absolute atomic E-state index is 0.0932. The number of carbonyl (C=O) groups is 3. The topological polar surface area (TPSA) is 88.2 Å². The molecular formula is C20H25N3O5. The van der Waals surface area contributed by atoms with Gasteiger partial charge in [-0.25, -0.2) is 4.79 Å². The van der Waals surface area contributed by atoms with Gasteiger partial charge in [0.1, 0.15) is 12.1 Å². The second-order valence-corrected chi connectivity index (χ2v) is 7.70. The largest absolute Gasteiger partial charge is 0.486 e. The van der Waals surface area contributed by atoms with E-state index in [0.717, 1.165) is 12.8 Å². The van der Waals surface area contributed by atoms with Gasteiger partial charge in [-0.2, -0.15) is 0 Å². The third-order valence-corrected chi connectivity index (χ3v) is 5.72. The van der Waals surface area contributed by atoms with E-state index in [1.54, 1.807) is 11.9 Å². The number of benzene rings is 1. The van der Waals surface area contributed by atoms with Crippen LogP contribution in [0.1, 0.15) is 32.1 Å². The number of hydrogen-bond donors (Lipinski definition) is 1. The third kappa shape index (κ3) is 3.39. The van der Waals surface area contributed by atoms with E-state index < -0.39 is 5.54 Å². The molecule has 1 N–H and O–H groups in total. The Balaban J connectivity index is 1.28. The zero-order chi connectivity index (χ0) is 19.7. The van der Waals surface area contributed by atoms with Gasteiger partial charge in [-0.3, -0.25) is 14.5 Å². The highest BCUT2D eigenvalue weighted by molar-refractivity contribution is 6.07. The number of carbonyl (C=O) groups excluding carboxylic acids is 3. The van der Waals surface area contributed by atoms with Gasteiger partial charge in [0, 0.05) is 20.0 Å². The molecule has 2 fully saturated rings. The Morgan fingerprint density at radius 1 is 1.25 bits per heavy atom. The molecule has 1 atom stereocenters. The van der Waals surface area contributed by atoms with Gasteiger partial charge in [0.25, 0.3) is 5.91 Å². The summed E-state index contributed by atoms with van der Waals surface area (Å²) >= 11 is 0. The van der Waals surface area contributed by atoms with Crippen molar-refractivity contribution in [3.05, 3.63) is 24.3 Å². The first-order valence-corrected chi connectivity index (χ1v) is 9.75. The molecule has 150 valence electrons. The molecule has 3 aliphatic rings. The number of amides is 4. The van der Waals surface area contributed by atoms with Gasteiger partial charge in [0.05, 0.1) is 6.54 Å². The Bertz CT molecular complexity index is 790. The van der Waals surface area contributed by atoms with E-state index in [1.165, 1.54) is 4.90 Å². The lowest BCUT2D eigenvalue weighted by atomic mass is 9.98. The van der Waals surface area contributed by atoms with Gasteiger partial charge in [0.2, 0.25) is 5.91 Å². The van der Waals surface area contributed by atoms with E-state index in [9.17, 15) is 14.4 Å². The molecule has 0 unspecified atom stereocenters. The van der Waals surface area contributed by atoms with Crippen LogP contribution in [0.4, 0.5) is 4.79 Å². The van der Waals surface area contributed by atoms with Crippen molar-refractivity contribution in [2.45, 2.75) is 43.7 Å². The lowest BCUT2D eigenvalue weighted by molar-refractivity contribution is -0.133. The first-order chi connectivity index (χ1) is 13.5. The van der Waals surface area contributed by atoms with Crippen LogP contribution < -0.4 is 14.8 Å². The molecule has 0 aromatic heterocycles. The summed E-state index contributed by atoms with van der Waals surface area (Å²) in [6, 6.07) is 7.04. The average molecular weight is 387 g/mol. The molecule has 1 saturated carbocycles. The first-order valence-electron chi connectivity index (χ1n) is 9.75. The van der Waals surface area contributed by atoms with Crippen LogP contribution in [-0.2, 0) is 9.59 Å². The van der Waals surface area contributed by atoms with Gasteiger partial charge >= 0.3 is 6.03 Å². The quantitative estimate of drug-likeness (QED) is 0.775. The fraction of sp³-hybridized carbons (Fsp3) is 0.550. The van der Waals surface area contributed by atoms with E-state index in [1.807, 2.05) is 24.3 Å². The van der Waals surface area contributed by atoms with Crippen molar-refractivity contribution >= 4 is 17.8 Å². The monoisotopic (exact) mass is 387 g/mol. The normalized spacial score (nSPS) is 22.5.